The van der Waals surface area contributed by atoms with Gasteiger partial charge in [-0.25, -0.2) is 0 Å². The fourth-order valence-corrected chi connectivity index (χ4v) is 2.04. The molecule has 0 aromatic carbocycles. The molecule has 0 radical (unpaired) electrons. The summed E-state index contributed by atoms with van der Waals surface area (Å²) in [6, 6.07) is 0.370. The second kappa shape index (κ2) is 6.28. The molecule has 0 aliphatic carbocycles. The van der Waals surface area contributed by atoms with Gasteiger partial charge in [-0.3, -0.25) is 19.6 Å². The number of amides is 1. The summed E-state index contributed by atoms with van der Waals surface area (Å²) in [7, 11) is 0. The van der Waals surface area contributed by atoms with Crippen LogP contribution in [0, 0.1) is 10.1 Å². The Morgan fingerprint density at radius 1 is 1.68 bits per heavy atom. The SMILES string of the molecule is O=C(CCn1cc([N+](=O)[O-])cn1)NCC1CCCN1. The largest absolute Gasteiger partial charge is 0.354 e. The molecule has 8 nitrogen and oxygen atoms in total. The Kier molecular flexibility index (Phi) is 4.45. The Morgan fingerprint density at radius 3 is 3.16 bits per heavy atom. The fraction of sp³-hybridized carbons (Fsp3) is 0.636. The van der Waals surface area contributed by atoms with Crippen LogP contribution in [0.4, 0.5) is 5.69 Å². The van der Waals surface area contributed by atoms with E-state index in [9.17, 15) is 14.9 Å². The first-order valence-corrected chi connectivity index (χ1v) is 6.32. The topological polar surface area (TPSA) is 102 Å². The molecular weight excluding hydrogens is 250 g/mol. The number of nitrogens with one attached hydrogen (secondary N) is 2. The summed E-state index contributed by atoms with van der Waals surface area (Å²) in [5.41, 5.74) is -0.0597. The number of nitro groups is 1. The third-order valence-electron chi connectivity index (χ3n) is 3.11. The highest BCUT2D eigenvalue weighted by Crippen LogP contribution is 2.08. The van der Waals surface area contributed by atoms with Crippen molar-refractivity contribution in [3.05, 3.63) is 22.5 Å². The number of nitrogens with zero attached hydrogens (tertiary/aromatic N) is 3. The van der Waals surface area contributed by atoms with Crippen LogP contribution in [0.1, 0.15) is 19.3 Å². The summed E-state index contributed by atoms with van der Waals surface area (Å²) >= 11 is 0. The van der Waals surface area contributed by atoms with Crippen molar-refractivity contribution in [2.45, 2.75) is 31.8 Å². The van der Waals surface area contributed by atoms with E-state index in [0.717, 1.165) is 19.4 Å². The van der Waals surface area contributed by atoms with Gasteiger partial charge in [-0.15, -0.1) is 0 Å². The second-order valence-corrected chi connectivity index (χ2v) is 4.57. The maximum atomic E-state index is 11.6. The van der Waals surface area contributed by atoms with Crippen LogP contribution in [-0.4, -0.2) is 39.7 Å². The summed E-state index contributed by atoms with van der Waals surface area (Å²) in [5.74, 6) is -0.0631. The van der Waals surface area contributed by atoms with Gasteiger partial charge in [0.15, 0.2) is 0 Å². The average Bonchev–Trinajstić information content (AvgIpc) is 3.05. The molecule has 1 aliphatic rings. The standard InChI is InChI=1S/C11H17N5O3/c17-11(13-6-9-2-1-4-12-9)3-5-15-8-10(7-14-15)16(18)19/h7-9,12H,1-6H2,(H,13,17). The van der Waals surface area contributed by atoms with Crippen molar-refractivity contribution in [1.29, 1.82) is 0 Å². The quantitative estimate of drug-likeness (QED) is 0.560. The molecule has 0 spiro atoms. The van der Waals surface area contributed by atoms with E-state index in [-0.39, 0.29) is 18.0 Å². The molecule has 1 unspecified atom stereocenters. The molecule has 1 aromatic rings. The average molecular weight is 267 g/mol. The Hall–Kier alpha value is -1.96. The van der Waals surface area contributed by atoms with Crippen LogP contribution in [0.3, 0.4) is 0 Å². The predicted molar refractivity (Wildman–Crippen MR) is 67.5 cm³/mol. The van der Waals surface area contributed by atoms with Crippen molar-refractivity contribution in [2.24, 2.45) is 0 Å². The fourth-order valence-electron chi connectivity index (χ4n) is 2.04. The zero-order valence-corrected chi connectivity index (χ0v) is 10.5. The number of aromatic nitrogens is 2. The lowest BCUT2D eigenvalue weighted by Gasteiger charge is -2.11. The monoisotopic (exact) mass is 267 g/mol. The van der Waals surface area contributed by atoms with E-state index in [1.165, 1.54) is 17.1 Å². The first kappa shape index (κ1) is 13.5. The highest BCUT2D eigenvalue weighted by molar-refractivity contribution is 5.75. The summed E-state index contributed by atoms with van der Waals surface area (Å²) < 4.78 is 1.41. The lowest BCUT2D eigenvalue weighted by Crippen LogP contribution is -2.37. The Balaban J connectivity index is 1.68. The van der Waals surface area contributed by atoms with E-state index in [1.54, 1.807) is 0 Å². The van der Waals surface area contributed by atoms with Crippen molar-refractivity contribution < 1.29 is 9.72 Å². The number of rotatable bonds is 6. The van der Waals surface area contributed by atoms with E-state index in [2.05, 4.69) is 15.7 Å². The molecule has 1 amide bonds. The van der Waals surface area contributed by atoms with Crippen molar-refractivity contribution in [2.75, 3.05) is 13.1 Å². The predicted octanol–water partition coefficient (Wildman–Crippen LogP) is 0.0496. The van der Waals surface area contributed by atoms with Crippen LogP contribution in [0.5, 0.6) is 0 Å². The third kappa shape index (κ3) is 4.02. The number of aryl methyl sites for hydroxylation is 1. The lowest BCUT2D eigenvalue weighted by molar-refractivity contribution is -0.385. The smallest absolute Gasteiger partial charge is 0.306 e. The van der Waals surface area contributed by atoms with Gasteiger partial charge in [-0.05, 0) is 19.4 Å². The number of hydrogen-bond acceptors (Lipinski definition) is 5. The highest BCUT2D eigenvalue weighted by Gasteiger charge is 2.15. The molecule has 0 bridgehead atoms. The van der Waals surface area contributed by atoms with Crippen molar-refractivity contribution in [1.82, 2.24) is 20.4 Å². The van der Waals surface area contributed by atoms with E-state index in [0.29, 0.717) is 19.1 Å². The zero-order valence-electron chi connectivity index (χ0n) is 10.5. The van der Waals surface area contributed by atoms with Gasteiger partial charge in [-0.1, -0.05) is 0 Å². The normalized spacial score (nSPS) is 18.4. The van der Waals surface area contributed by atoms with E-state index >= 15 is 0 Å². The maximum absolute atomic E-state index is 11.6. The maximum Gasteiger partial charge on any atom is 0.306 e. The molecule has 2 rings (SSSR count). The second-order valence-electron chi connectivity index (χ2n) is 4.57. The molecule has 2 N–H and O–H groups in total. The van der Waals surface area contributed by atoms with Gasteiger partial charge in [0.25, 0.3) is 0 Å². The Bertz CT molecular complexity index is 453. The van der Waals surface area contributed by atoms with Gasteiger partial charge in [0.05, 0.1) is 4.92 Å². The van der Waals surface area contributed by atoms with Gasteiger partial charge < -0.3 is 10.6 Å². The van der Waals surface area contributed by atoms with E-state index in [4.69, 9.17) is 0 Å². The molecule has 1 aliphatic heterocycles. The van der Waals surface area contributed by atoms with Gasteiger partial charge in [0.2, 0.25) is 5.91 Å². The van der Waals surface area contributed by atoms with Crippen LogP contribution in [0.2, 0.25) is 0 Å². The van der Waals surface area contributed by atoms with Gasteiger partial charge >= 0.3 is 5.69 Å². The van der Waals surface area contributed by atoms with Crippen LogP contribution >= 0.6 is 0 Å². The highest BCUT2D eigenvalue weighted by atomic mass is 16.6. The summed E-state index contributed by atoms with van der Waals surface area (Å²) in [6.07, 6.45) is 5.01. The molecule has 1 aromatic heterocycles. The minimum atomic E-state index is -0.505. The minimum absolute atomic E-state index is 0.0597. The summed E-state index contributed by atoms with van der Waals surface area (Å²) in [6.45, 7) is 1.99. The van der Waals surface area contributed by atoms with Crippen molar-refractivity contribution in [3.63, 3.8) is 0 Å². The number of carbonyl (C=O) groups is 1. The molecule has 19 heavy (non-hydrogen) atoms. The van der Waals surface area contributed by atoms with Crippen LogP contribution in [0.25, 0.3) is 0 Å². The summed E-state index contributed by atoms with van der Waals surface area (Å²) in [4.78, 5) is 21.6. The molecule has 8 heteroatoms. The molecule has 1 fully saturated rings. The van der Waals surface area contributed by atoms with Crippen LogP contribution in [0.15, 0.2) is 12.4 Å². The first-order chi connectivity index (χ1) is 9.15. The third-order valence-corrected chi connectivity index (χ3v) is 3.11. The molecule has 2 heterocycles. The van der Waals surface area contributed by atoms with Gasteiger partial charge in [0.1, 0.15) is 12.4 Å². The van der Waals surface area contributed by atoms with Gasteiger partial charge in [-0.2, -0.15) is 5.10 Å². The Labute approximate surface area is 110 Å². The Morgan fingerprint density at radius 2 is 2.53 bits per heavy atom. The van der Waals surface area contributed by atoms with Crippen LogP contribution < -0.4 is 10.6 Å². The van der Waals surface area contributed by atoms with Crippen molar-refractivity contribution in [3.8, 4) is 0 Å². The number of hydrogen-bond donors (Lipinski definition) is 2. The van der Waals surface area contributed by atoms with E-state index in [1.807, 2.05) is 0 Å². The molecule has 1 saturated heterocycles. The van der Waals surface area contributed by atoms with Crippen molar-refractivity contribution >= 4 is 11.6 Å². The molecule has 1 atom stereocenters. The van der Waals surface area contributed by atoms with Crippen LogP contribution in [-0.2, 0) is 11.3 Å². The number of carbonyl (C=O) groups excluding carboxylic acids is 1. The van der Waals surface area contributed by atoms with Gasteiger partial charge in [0, 0.05) is 25.6 Å². The zero-order chi connectivity index (χ0) is 13.7. The minimum Gasteiger partial charge on any atom is -0.354 e. The molecular formula is C11H17N5O3. The van der Waals surface area contributed by atoms with E-state index < -0.39 is 4.92 Å². The molecule has 104 valence electrons. The lowest BCUT2D eigenvalue weighted by atomic mass is 10.2. The summed E-state index contributed by atoms with van der Waals surface area (Å²) in [5, 5.41) is 20.4. The molecule has 0 saturated carbocycles. The first-order valence-electron chi connectivity index (χ1n) is 6.32.